The Kier molecular flexibility index (Phi) is 6.65. The van der Waals surface area contributed by atoms with E-state index in [1.807, 2.05) is 51.1 Å². The first kappa shape index (κ1) is 21.8. The van der Waals surface area contributed by atoms with Crippen LogP contribution in [0.15, 0.2) is 42.5 Å². The Bertz CT molecular complexity index is 871. The topological polar surface area (TPSA) is 32.8 Å². The lowest BCUT2D eigenvalue weighted by atomic mass is 9.93. The highest BCUT2D eigenvalue weighted by Crippen LogP contribution is 2.35. The van der Waals surface area contributed by atoms with Crippen molar-refractivity contribution >= 4 is 35.0 Å². The average Bonchev–Trinajstić information content (AvgIpc) is 2.66. The Morgan fingerprint density at radius 3 is 2.17 bits per heavy atom. The van der Waals surface area contributed by atoms with Crippen LogP contribution in [-0.4, -0.2) is 42.8 Å². The van der Waals surface area contributed by atoms with Gasteiger partial charge in [0, 0.05) is 47.8 Å². The van der Waals surface area contributed by atoms with Crippen LogP contribution in [0.2, 0.25) is 10.0 Å². The molecule has 1 atom stereocenters. The number of benzene rings is 2. The summed E-state index contributed by atoms with van der Waals surface area (Å²) in [5, 5.41) is 1.47. The van der Waals surface area contributed by atoms with E-state index in [-0.39, 0.29) is 12.0 Å². The maximum absolute atomic E-state index is 12.2. The van der Waals surface area contributed by atoms with E-state index >= 15 is 0 Å². The molecule has 1 heterocycles. The van der Waals surface area contributed by atoms with Crippen molar-refractivity contribution in [1.29, 1.82) is 0 Å². The number of hydrogen-bond donors (Lipinski definition) is 0. The van der Waals surface area contributed by atoms with Crippen molar-refractivity contribution < 1.29 is 9.53 Å². The largest absolute Gasteiger partial charge is 0.444 e. The fourth-order valence-corrected chi connectivity index (χ4v) is 4.17. The van der Waals surface area contributed by atoms with E-state index in [0.29, 0.717) is 13.1 Å². The van der Waals surface area contributed by atoms with E-state index in [4.69, 9.17) is 27.9 Å². The van der Waals surface area contributed by atoms with Crippen LogP contribution >= 0.6 is 23.2 Å². The quantitative estimate of drug-likeness (QED) is 0.575. The number of rotatable bonds is 3. The Balaban J connectivity index is 1.67. The molecule has 0 bridgehead atoms. The minimum atomic E-state index is -0.476. The summed E-state index contributed by atoms with van der Waals surface area (Å²) < 4.78 is 5.47. The minimum absolute atomic E-state index is 0.106. The lowest BCUT2D eigenvalue weighted by Gasteiger charge is -2.37. The molecule has 1 saturated heterocycles. The summed E-state index contributed by atoms with van der Waals surface area (Å²) in [6.07, 6.45) is -0.251. The first-order valence-electron chi connectivity index (χ1n) is 9.92. The molecule has 1 unspecified atom stereocenters. The molecule has 0 aliphatic carbocycles. The molecule has 29 heavy (non-hydrogen) atoms. The zero-order valence-corrected chi connectivity index (χ0v) is 18.9. The van der Waals surface area contributed by atoms with Crippen molar-refractivity contribution in [3.05, 3.63) is 63.6 Å². The normalized spacial score (nSPS) is 15.9. The lowest BCUT2D eigenvalue weighted by molar-refractivity contribution is 0.0240. The number of carbonyl (C=O) groups is 1. The number of amides is 1. The predicted octanol–water partition coefficient (Wildman–Crippen LogP) is 6.20. The second kappa shape index (κ2) is 8.85. The zero-order valence-electron chi connectivity index (χ0n) is 17.4. The first-order chi connectivity index (χ1) is 13.7. The molecule has 3 rings (SSSR count). The predicted molar refractivity (Wildman–Crippen MR) is 120 cm³/mol. The Hall–Kier alpha value is -1.91. The molecule has 2 aromatic carbocycles. The Labute approximate surface area is 183 Å². The number of nitrogens with zero attached hydrogens (tertiary/aromatic N) is 2. The summed E-state index contributed by atoms with van der Waals surface area (Å²) >= 11 is 13.0. The number of ether oxygens (including phenoxy) is 1. The van der Waals surface area contributed by atoms with Gasteiger partial charge in [0.05, 0.1) is 0 Å². The van der Waals surface area contributed by atoms with E-state index in [1.54, 1.807) is 4.90 Å². The number of anilines is 1. The summed E-state index contributed by atoms with van der Waals surface area (Å²) in [6, 6.07) is 14.0. The summed E-state index contributed by atoms with van der Waals surface area (Å²) in [4.78, 5) is 16.3. The van der Waals surface area contributed by atoms with E-state index in [9.17, 15) is 4.79 Å². The van der Waals surface area contributed by atoms with Gasteiger partial charge in [-0.25, -0.2) is 4.79 Å². The highest BCUT2D eigenvalue weighted by Gasteiger charge is 2.26. The lowest BCUT2D eigenvalue weighted by Crippen LogP contribution is -2.50. The fourth-order valence-electron chi connectivity index (χ4n) is 3.53. The van der Waals surface area contributed by atoms with Crippen LogP contribution in [0.1, 0.15) is 44.7 Å². The van der Waals surface area contributed by atoms with Crippen LogP contribution in [0.3, 0.4) is 0 Å². The van der Waals surface area contributed by atoms with Gasteiger partial charge in [-0.15, -0.1) is 0 Å². The molecule has 2 aromatic rings. The second-order valence-electron chi connectivity index (χ2n) is 8.40. The average molecular weight is 435 g/mol. The summed E-state index contributed by atoms with van der Waals surface area (Å²) in [5.74, 6) is 0.106. The number of carbonyl (C=O) groups excluding carboxylic acids is 1. The van der Waals surface area contributed by atoms with Gasteiger partial charge >= 0.3 is 6.09 Å². The molecule has 156 valence electrons. The van der Waals surface area contributed by atoms with Gasteiger partial charge in [-0.2, -0.15) is 0 Å². The van der Waals surface area contributed by atoms with Crippen molar-refractivity contribution in [2.24, 2.45) is 0 Å². The van der Waals surface area contributed by atoms with Crippen LogP contribution in [0.25, 0.3) is 0 Å². The Morgan fingerprint density at radius 2 is 1.59 bits per heavy atom. The van der Waals surface area contributed by atoms with Gasteiger partial charge in [0.25, 0.3) is 0 Å². The summed E-state index contributed by atoms with van der Waals surface area (Å²) in [5.41, 5.74) is 2.70. The van der Waals surface area contributed by atoms with E-state index in [0.717, 1.165) is 39.9 Å². The van der Waals surface area contributed by atoms with E-state index in [2.05, 4.69) is 24.0 Å². The highest BCUT2D eigenvalue weighted by molar-refractivity contribution is 6.32. The highest BCUT2D eigenvalue weighted by atomic mass is 35.5. The van der Waals surface area contributed by atoms with E-state index < -0.39 is 5.60 Å². The molecule has 0 spiro atoms. The first-order valence-corrected chi connectivity index (χ1v) is 10.7. The van der Waals surface area contributed by atoms with Crippen LogP contribution < -0.4 is 4.90 Å². The molecule has 6 heteroatoms. The third-order valence-electron chi connectivity index (χ3n) is 5.12. The van der Waals surface area contributed by atoms with Crippen molar-refractivity contribution in [2.45, 2.75) is 39.2 Å². The Morgan fingerprint density at radius 1 is 0.966 bits per heavy atom. The van der Waals surface area contributed by atoms with Crippen LogP contribution in [0.4, 0.5) is 10.5 Å². The molecule has 1 fully saturated rings. The number of halogens is 2. The fraction of sp³-hybridized carbons (Fsp3) is 0.435. The van der Waals surface area contributed by atoms with Crippen molar-refractivity contribution in [3.8, 4) is 0 Å². The molecule has 1 amide bonds. The minimum Gasteiger partial charge on any atom is -0.444 e. The van der Waals surface area contributed by atoms with Gasteiger partial charge in [-0.05, 0) is 50.1 Å². The number of hydrogen-bond acceptors (Lipinski definition) is 3. The van der Waals surface area contributed by atoms with Gasteiger partial charge in [0.1, 0.15) is 5.60 Å². The molecule has 0 aromatic heterocycles. The van der Waals surface area contributed by atoms with Crippen LogP contribution in [0, 0.1) is 0 Å². The molecule has 4 nitrogen and oxygen atoms in total. The van der Waals surface area contributed by atoms with Gasteiger partial charge < -0.3 is 14.5 Å². The van der Waals surface area contributed by atoms with Crippen molar-refractivity contribution in [3.63, 3.8) is 0 Å². The maximum Gasteiger partial charge on any atom is 0.410 e. The number of piperazine rings is 1. The molecular weight excluding hydrogens is 407 g/mol. The summed E-state index contributed by atoms with van der Waals surface area (Å²) in [6.45, 7) is 10.5. The van der Waals surface area contributed by atoms with Gasteiger partial charge in [-0.1, -0.05) is 54.4 Å². The van der Waals surface area contributed by atoms with Gasteiger partial charge in [0.2, 0.25) is 0 Å². The zero-order chi connectivity index (χ0) is 21.2. The van der Waals surface area contributed by atoms with Crippen molar-refractivity contribution in [1.82, 2.24) is 4.90 Å². The van der Waals surface area contributed by atoms with Gasteiger partial charge in [-0.3, -0.25) is 0 Å². The molecule has 1 aliphatic heterocycles. The smallest absolute Gasteiger partial charge is 0.410 e. The van der Waals surface area contributed by atoms with Crippen LogP contribution in [0.5, 0.6) is 0 Å². The van der Waals surface area contributed by atoms with E-state index in [1.165, 1.54) is 0 Å². The molecule has 0 radical (unpaired) electrons. The SMILES string of the molecule is CC(c1ccccc1Cl)c1ccc(N2CCN(C(=O)OC(C)(C)C)CC2)cc1Cl. The third-order valence-corrected chi connectivity index (χ3v) is 5.79. The standard InChI is InChI=1S/C23H28Cl2N2O2/c1-16(18-7-5-6-8-20(18)24)19-10-9-17(15-21(19)25)26-11-13-27(14-12-26)22(28)29-23(2,3)4/h5-10,15-16H,11-14H2,1-4H3. The van der Waals surface area contributed by atoms with Crippen LogP contribution in [-0.2, 0) is 4.74 Å². The van der Waals surface area contributed by atoms with Crippen molar-refractivity contribution in [2.75, 3.05) is 31.1 Å². The van der Waals surface area contributed by atoms with Gasteiger partial charge in [0.15, 0.2) is 0 Å². The second-order valence-corrected chi connectivity index (χ2v) is 9.22. The monoisotopic (exact) mass is 434 g/mol. The summed E-state index contributed by atoms with van der Waals surface area (Å²) in [7, 11) is 0. The maximum atomic E-state index is 12.2. The third kappa shape index (κ3) is 5.37. The molecule has 0 saturated carbocycles. The molecule has 0 N–H and O–H groups in total. The molecular formula is C23H28Cl2N2O2. The molecule has 1 aliphatic rings.